The van der Waals surface area contributed by atoms with Crippen LogP contribution in [0.25, 0.3) is 0 Å². The van der Waals surface area contributed by atoms with Crippen molar-refractivity contribution in [2.45, 2.75) is 45.8 Å². The van der Waals surface area contributed by atoms with E-state index >= 15 is 0 Å². The number of rotatable bonds is 3. The third kappa shape index (κ3) is 4.05. The number of carbonyl (C=O) groups is 1. The number of aliphatic hydroxyl groups is 1. The highest BCUT2D eigenvalue weighted by atomic mass is 79.9. The Morgan fingerprint density at radius 3 is 2.26 bits per heavy atom. The molecule has 0 spiro atoms. The van der Waals surface area contributed by atoms with Gasteiger partial charge in [-0.2, -0.15) is 0 Å². The molecule has 0 amide bonds. The van der Waals surface area contributed by atoms with Gasteiger partial charge in [-0.25, -0.2) is 0 Å². The molecule has 0 aromatic heterocycles. The van der Waals surface area contributed by atoms with Crippen molar-refractivity contribution in [1.82, 2.24) is 0 Å². The zero-order valence-electron chi connectivity index (χ0n) is 12.0. The molecule has 0 radical (unpaired) electrons. The number of carbonyl (C=O) groups excluding carboxylic acids is 1. The highest BCUT2D eigenvalue weighted by Crippen LogP contribution is 2.35. The van der Waals surface area contributed by atoms with Crippen LogP contribution in [0.4, 0.5) is 0 Å². The predicted molar refractivity (Wildman–Crippen MR) is 78.7 cm³/mol. The lowest BCUT2D eigenvalue weighted by Crippen LogP contribution is -2.39. The van der Waals surface area contributed by atoms with Gasteiger partial charge >= 0.3 is 5.97 Å². The van der Waals surface area contributed by atoms with Gasteiger partial charge in [0, 0.05) is 4.47 Å². The van der Waals surface area contributed by atoms with Gasteiger partial charge in [0.15, 0.2) is 0 Å². The van der Waals surface area contributed by atoms with E-state index in [0.29, 0.717) is 5.56 Å². The van der Waals surface area contributed by atoms with Crippen molar-refractivity contribution in [1.29, 1.82) is 0 Å². The first-order valence-corrected chi connectivity index (χ1v) is 7.05. The van der Waals surface area contributed by atoms with Crippen LogP contribution in [0.15, 0.2) is 28.7 Å². The predicted octanol–water partition coefficient (Wildman–Crippen LogP) is 3.63. The summed E-state index contributed by atoms with van der Waals surface area (Å²) in [5, 5.41) is 10.7. The molecule has 1 aromatic carbocycles. The molecule has 1 aromatic rings. The molecule has 1 N–H and O–H groups in total. The minimum absolute atomic E-state index is 0.409. The van der Waals surface area contributed by atoms with Crippen LogP contribution in [0, 0.1) is 5.92 Å². The standard InChI is InChI=1S/C15H21BrO3/c1-10(13(17)19-14(2,3)4)15(5,18)11-8-6-7-9-12(11)16/h6-10,18H,1-5H3. The summed E-state index contributed by atoms with van der Waals surface area (Å²) in [7, 11) is 0. The first-order valence-electron chi connectivity index (χ1n) is 6.26. The van der Waals surface area contributed by atoms with Crippen molar-refractivity contribution in [2.75, 3.05) is 0 Å². The minimum Gasteiger partial charge on any atom is -0.460 e. The smallest absolute Gasteiger partial charge is 0.312 e. The Morgan fingerprint density at radius 1 is 1.26 bits per heavy atom. The van der Waals surface area contributed by atoms with Gasteiger partial charge in [-0.15, -0.1) is 0 Å². The number of hydrogen-bond acceptors (Lipinski definition) is 3. The van der Waals surface area contributed by atoms with Gasteiger partial charge in [-0.1, -0.05) is 34.1 Å². The number of esters is 1. The number of ether oxygens (including phenoxy) is 1. The van der Waals surface area contributed by atoms with Crippen LogP contribution in [0.2, 0.25) is 0 Å². The maximum Gasteiger partial charge on any atom is 0.312 e. The first kappa shape index (κ1) is 16.2. The Morgan fingerprint density at radius 2 is 1.79 bits per heavy atom. The Bertz CT molecular complexity index is 461. The summed E-state index contributed by atoms with van der Waals surface area (Å²) in [6.45, 7) is 8.73. The van der Waals surface area contributed by atoms with E-state index in [0.717, 1.165) is 4.47 Å². The average molecular weight is 329 g/mol. The summed E-state index contributed by atoms with van der Waals surface area (Å²) in [6, 6.07) is 7.33. The molecule has 19 heavy (non-hydrogen) atoms. The molecule has 0 fully saturated rings. The van der Waals surface area contributed by atoms with Gasteiger partial charge in [0.05, 0.1) is 5.92 Å². The third-order valence-electron chi connectivity index (χ3n) is 3.02. The Balaban J connectivity index is 3.00. The quantitative estimate of drug-likeness (QED) is 0.862. The average Bonchev–Trinajstić information content (AvgIpc) is 2.26. The second-order valence-electron chi connectivity index (χ2n) is 5.88. The highest BCUT2D eigenvalue weighted by Gasteiger charge is 2.38. The van der Waals surface area contributed by atoms with Crippen molar-refractivity contribution in [3.63, 3.8) is 0 Å². The number of hydrogen-bond donors (Lipinski definition) is 1. The summed E-state index contributed by atoms with van der Waals surface area (Å²) in [4.78, 5) is 12.1. The summed E-state index contributed by atoms with van der Waals surface area (Å²) in [5.74, 6) is -1.07. The fraction of sp³-hybridized carbons (Fsp3) is 0.533. The molecule has 0 saturated heterocycles. The minimum atomic E-state index is -1.29. The fourth-order valence-electron chi connectivity index (χ4n) is 1.72. The molecular formula is C15H21BrO3. The van der Waals surface area contributed by atoms with Gasteiger partial charge < -0.3 is 9.84 Å². The van der Waals surface area contributed by atoms with Crippen LogP contribution in [-0.4, -0.2) is 16.7 Å². The summed E-state index contributed by atoms with van der Waals surface area (Å²) < 4.78 is 6.11. The van der Waals surface area contributed by atoms with Gasteiger partial charge in [0.1, 0.15) is 11.2 Å². The van der Waals surface area contributed by atoms with Crippen LogP contribution in [-0.2, 0) is 15.1 Å². The Kier molecular flexibility index (Phi) is 4.80. The largest absolute Gasteiger partial charge is 0.460 e. The van der Waals surface area contributed by atoms with E-state index in [1.807, 2.05) is 39.0 Å². The van der Waals surface area contributed by atoms with Crippen molar-refractivity contribution in [3.05, 3.63) is 34.3 Å². The van der Waals surface area contributed by atoms with E-state index in [4.69, 9.17) is 4.74 Å². The molecule has 0 heterocycles. The molecule has 2 unspecified atom stereocenters. The zero-order valence-corrected chi connectivity index (χ0v) is 13.6. The van der Waals surface area contributed by atoms with Gasteiger partial charge in [-0.05, 0) is 46.2 Å². The van der Waals surface area contributed by atoms with E-state index in [9.17, 15) is 9.90 Å². The maximum atomic E-state index is 12.1. The zero-order chi connectivity index (χ0) is 14.8. The van der Waals surface area contributed by atoms with Crippen molar-refractivity contribution in [2.24, 2.45) is 5.92 Å². The Hall–Kier alpha value is -0.870. The molecule has 3 nitrogen and oxygen atoms in total. The topological polar surface area (TPSA) is 46.5 Å². The lowest BCUT2D eigenvalue weighted by molar-refractivity contribution is -0.168. The second kappa shape index (κ2) is 5.63. The lowest BCUT2D eigenvalue weighted by atomic mass is 9.84. The van der Waals surface area contributed by atoms with Gasteiger partial charge in [0.25, 0.3) is 0 Å². The van der Waals surface area contributed by atoms with Crippen LogP contribution in [0.5, 0.6) is 0 Å². The van der Waals surface area contributed by atoms with Crippen molar-refractivity contribution in [3.8, 4) is 0 Å². The highest BCUT2D eigenvalue weighted by molar-refractivity contribution is 9.10. The molecular weight excluding hydrogens is 308 g/mol. The first-order chi connectivity index (χ1) is 8.55. The van der Waals surface area contributed by atoms with Gasteiger partial charge in [-0.3, -0.25) is 4.79 Å². The SMILES string of the molecule is CC(C(=O)OC(C)(C)C)C(C)(O)c1ccccc1Br. The van der Waals surface area contributed by atoms with E-state index in [1.54, 1.807) is 19.9 Å². The van der Waals surface area contributed by atoms with E-state index in [2.05, 4.69) is 15.9 Å². The number of benzene rings is 1. The molecule has 0 aliphatic heterocycles. The van der Waals surface area contributed by atoms with Crippen LogP contribution < -0.4 is 0 Å². The Labute approximate surface area is 123 Å². The van der Waals surface area contributed by atoms with Crippen LogP contribution >= 0.6 is 15.9 Å². The summed E-state index contributed by atoms with van der Waals surface area (Å²) in [6.07, 6.45) is 0. The molecule has 1 rings (SSSR count). The van der Waals surface area contributed by atoms with E-state index < -0.39 is 23.1 Å². The molecule has 106 valence electrons. The third-order valence-corrected chi connectivity index (χ3v) is 3.71. The molecule has 0 saturated carbocycles. The fourth-order valence-corrected chi connectivity index (χ4v) is 2.41. The van der Waals surface area contributed by atoms with Gasteiger partial charge in [0.2, 0.25) is 0 Å². The van der Waals surface area contributed by atoms with E-state index in [1.165, 1.54) is 0 Å². The molecule has 0 aliphatic rings. The summed E-state index contributed by atoms with van der Waals surface area (Å²) in [5.41, 5.74) is -1.18. The summed E-state index contributed by atoms with van der Waals surface area (Å²) >= 11 is 3.40. The number of halogens is 1. The van der Waals surface area contributed by atoms with Crippen molar-refractivity contribution < 1.29 is 14.6 Å². The van der Waals surface area contributed by atoms with E-state index in [-0.39, 0.29) is 0 Å². The maximum absolute atomic E-state index is 12.1. The molecule has 0 aliphatic carbocycles. The normalized spacial score (nSPS) is 16.6. The monoisotopic (exact) mass is 328 g/mol. The molecule has 2 atom stereocenters. The van der Waals surface area contributed by atoms with Crippen molar-refractivity contribution >= 4 is 21.9 Å². The van der Waals surface area contributed by atoms with Crippen LogP contribution in [0.1, 0.15) is 40.2 Å². The lowest BCUT2D eigenvalue weighted by Gasteiger charge is -2.32. The van der Waals surface area contributed by atoms with Crippen LogP contribution in [0.3, 0.4) is 0 Å². The molecule has 4 heteroatoms. The molecule has 0 bridgehead atoms. The second-order valence-corrected chi connectivity index (χ2v) is 6.74.